The minimum absolute atomic E-state index is 0.0738. The van der Waals surface area contributed by atoms with Gasteiger partial charge in [0.05, 0.1) is 24.2 Å². The molecule has 3 aromatic rings. The van der Waals surface area contributed by atoms with E-state index in [0.717, 1.165) is 34.6 Å². The second-order valence-electron chi connectivity index (χ2n) is 6.84. The third-order valence-electron chi connectivity index (χ3n) is 4.46. The summed E-state index contributed by atoms with van der Waals surface area (Å²) < 4.78 is 5.75. The van der Waals surface area contributed by atoms with Crippen LogP contribution in [-0.4, -0.2) is 41.0 Å². The average molecular weight is 366 g/mol. The lowest BCUT2D eigenvalue weighted by Gasteiger charge is -2.17. The van der Waals surface area contributed by atoms with E-state index in [2.05, 4.69) is 16.0 Å². The first-order valence-electron chi connectivity index (χ1n) is 9.12. The first-order chi connectivity index (χ1) is 13.0. The van der Waals surface area contributed by atoms with Crippen LogP contribution in [0.4, 0.5) is 0 Å². The predicted molar refractivity (Wildman–Crippen MR) is 107 cm³/mol. The molecule has 3 N–H and O–H groups in total. The molecule has 0 radical (unpaired) electrons. The van der Waals surface area contributed by atoms with Crippen molar-refractivity contribution in [3.8, 4) is 5.75 Å². The molecule has 6 nitrogen and oxygen atoms in total. The lowest BCUT2D eigenvalue weighted by Crippen LogP contribution is -2.26. The number of aryl methyl sites for hydroxylation is 2. The summed E-state index contributed by atoms with van der Waals surface area (Å²) in [7, 11) is 1.77. The minimum Gasteiger partial charge on any atom is -0.493 e. The number of aromatic nitrogens is 2. The van der Waals surface area contributed by atoms with E-state index in [-0.39, 0.29) is 5.91 Å². The van der Waals surface area contributed by atoms with Crippen LogP contribution in [0.1, 0.15) is 33.7 Å². The minimum atomic E-state index is -0.0738. The number of benzene rings is 2. The van der Waals surface area contributed by atoms with Crippen molar-refractivity contribution >= 4 is 16.9 Å². The largest absolute Gasteiger partial charge is 0.493 e. The number of rotatable bonds is 7. The van der Waals surface area contributed by atoms with Gasteiger partial charge in [-0.25, -0.2) is 4.98 Å². The van der Waals surface area contributed by atoms with Crippen molar-refractivity contribution in [3.63, 3.8) is 0 Å². The summed E-state index contributed by atoms with van der Waals surface area (Å²) in [6, 6.07) is 11.6. The van der Waals surface area contributed by atoms with E-state index < -0.39 is 0 Å². The normalized spacial score (nSPS) is 11.0. The Morgan fingerprint density at radius 2 is 2.04 bits per heavy atom. The van der Waals surface area contributed by atoms with Crippen LogP contribution in [0.5, 0.6) is 5.75 Å². The molecule has 0 saturated carbocycles. The molecular formula is C21H26N4O2. The fraction of sp³-hybridized carbons (Fsp3) is 0.333. The summed E-state index contributed by atoms with van der Waals surface area (Å²) >= 11 is 0. The van der Waals surface area contributed by atoms with Crippen LogP contribution < -0.4 is 10.5 Å². The molecule has 0 spiro atoms. The highest BCUT2D eigenvalue weighted by molar-refractivity contribution is 5.94. The molecule has 2 aromatic carbocycles. The number of nitrogens with one attached hydrogen (secondary N) is 1. The number of imidazole rings is 1. The van der Waals surface area contributed by atoms with Gasteiger partial charge >= 0.3 is 0 Å². The Kier molecular flexibility index (Phi) is 5.76. The Morgan fingerprint density at radius 3 is 2.81 bits per heavy atom. The van der Waals surface area contributed by atoms with Gasteiger partial charge in [-0.1, -0.05) is 12.1 Å². The van der Waals surface area contributed by atoms with E-state index in [1.165, 1.54) is 5.56 Å². The topological polar surface area (TPSA) is 84.2 Å². The molecule has 0 unspecified atom stereocenters. The van der Waals surface area contributed by atoms with Gasteiger partial charge in [-0.15, -0.1) is 0 Å². The molecule has 3 rings (SSSR count). The zero-order valence-corrected chi connectivity index (χ0v) is 16.1. The number of hydrogen-bond donors (Lipinski definition) is 2. The first-order valence-corrected chi connectivity index (χ1v) is 9.12. The maximum Gasteiger partial charge on any atom is 0.254 e. The van der Waals surface area contributed by atoms with Gasteiger partial charge in [-0.05, 0) is 62.2 Å². The highest BCUT2D eigenvalue weighted by atomic mass is 16.5. The van der Waals surface area contributed by atoms with Crippen molar-refractivity contribution < 1.29 is 9.53 Å². The molecular weight excluding hydrogens is 340 g/mol. The summed E-state index contributed by atoms with van der Waals surface area (Å²) in [5.41, 5.74) is 10.2. The van der Waals surface area contributed by atoms with Crippen LogP contribution in [0.2, 0.25) is 0 Å². The molecule has 0 aliphatic rings. The summed E-state index contributed by atoms with van der Waals surface area (Å²) in [6.45, 7) is 5.54. The van der Waals surface area contributed by atoms with Crippen LogP contribution in [0.15, 0.2) is 36.4 Å². The van der Waals surface area contributed by atoms with E-state index in [1.54, 1.807) is 18.0 Å². The quantitative estimate of drug-likeness (QED) is 0.629. The van der Waals surface area contributed by atoms with Crippen LogP contribution in [0, 0.1) is 13.8 Å². The molecule has 1 aromatic heterocycles. The zero-order valence-electron chi connectivity index (χ0n) is 16.1. The van der Waals surface area contributed by atoms with E-state index in [9.17, 15) is 4.79 Å². The lowest BCUT2D eigenvalue weighted by molar-refractivity contribution is 0.0781. The average Bonchev–Trinajstić information content (AvgIpc) is 3.04. The van der Waals surface area contributed by atoms with Gasteiger partial charge in [0.2, 0.25) is 0 Å². The maximum atomic E-state index is 12.8. The van der Waals surface area contributed by atoms with Gasteiger partial charge in [0.1, 0.15) is 11.6 Å². The Bertz CT molecular complexity index is 949. The van der Waals surface area contributed by atoms with Crippen molar-refractivity contribution in [3.05, 3.63) is 58.9 Å². The number of carbonyl (C=O) groups is 1. The lowest BCUT2D eigenvalue weighted by atomic mass is 10.1. The third-order valence-corrected chi connectivity index (χ3v) is 4.46. The summed E-state index contributed by atoms with van der Waals surface area (Å²) in [6.07, 6.45) is 0.781. The molecule has 0 bridgehead atoms. The molecule has 1 heterocycles. The number of nitrogens with zero attached hydrogens (tertiary/aromatic N) is 2. The Balaban J connectivity index is 1.73. The standard InChI is InChI=1S/C21H26N4O2/c1-14-5-8-17-18(11-14)24-20(23-17)13-25(3)21(26)16-7-6-15(2)19(12-16)27-10-4-9-22/h5-8,11-12H,4,9-10,13,22H2,1-3H3,(H,23,24). The predicted octanol–water partition coefficient (Wildman–Crippen LogP) is 3.18. The van der Waals surface area contributed by atoms with E-state index in [1.807, 2.05) is 38.1 Å². The summed E-state index contributed by atoms with van der Waals surface area (Å²) in [4.78, 5) is 22.3. The fourth-order valence-corrected chi connectivity index (χ4v) is 2.92. The van der Waals surface area contributed by atoms with Crippen LogP contribution in [-0.2, 0) is 6.54 Å². The monoisotopic (exact) mass is 366 g/mol. The van der Waals surface area contributed by atoms with Gasteiger partial charge in [0.25, 0.3) is 5.91 Å². The van der Waals surface area contributed by atoms with Crippen molar-refractivity contribution in [2.45, 2.75) is 26.8 Å². The van der Waals surface area contributed by atoms with Gasteiger partial charge in [0, 0.05) is 12.6 Å². The van der Waals surface area contributed by atoms with Crippen molar-refractivity contribution in [2.75, 3.05) is 20.2 Å². The zero-order chi connectivity index (χ0) is 19.4. The highest BCUT2D eigenvalue weighted by Gasteiger charge is 2.15. The molecule has 142 valence electrons. The van der Waals surface area contributed by atoms with Gasteiger partial charge < -0.3 is 20.4 Å². The number of nitrogens with two attached hydrogens (primary N) is 1. The van der Waals surface area contributed by atoms with Gasteiger partial charge in [-0.3, -0.25) is 4.79 Å². The maximum absolute atomic E-state index is 12.8. The second-order valence-corrected chi connectivity index (χ2v) is 6.84. The molecule has 27 heavy (non-hydrogen) atoms. The molecule has 6 heteroatoms. The second kappa shape index (κ2) is 8.22. The molecule has 0 fully saturated rings. The smallest absolute Gasteiger partial charge is 0.254 e. The highest BCUT2D eigenvalue weighted by Crippen LogP contribution is 2.21. The summed E-state index contributed by atoms with van der Waals surface area (Å²) in [5.74, 6) is 1.41. The Hall–Kier alpha value is -2.86. The number of ether oxygens (including phenoxy) is 1. The van der Waals surface area contributed by atoms with Gasteiger partial charge in [-0.2, -0.15) is 0 Å². The molecule has 0 aliphatic heterocycles. The first kappa shape index (κ1) is 18.9. The third kappa shape index (κ3) is 4.46. The number of carbonyl (C=O) groups excluding carboxylic acids is 1. The Morgan fingerprint density at radius 1 is 1.22 bits per heavy atom. The van der Waals surface area contributed by atoms with Crippen LogP contribution in [0.3, 0.4) is 0 Å². The van der Waals surface area contributed by atoms with Gasteiger partial charge in [0.15, 0.2) is 0 Å². The molecule has 0 saturated heterocycles. The van der Waals surface area contributed by atoms with E-state index >= 15 is 0 Å². The number of amides is 1. The summed E-state index contributed by atoms with van der Waals surface area (Å²) in [5, 5.41) is 0. The fourth-order valence-electron chi connectivity index (χ4n) is 2.92. The SMILES string of the molecule is Cc1ccc2nc(CN(C)C(=O)c3ccc(C)c(OCCCN)c3)[nH]c2c1. The molecule has 0 aliphatic carbocycles. The van der Waals surface area contributed by atoms with E-state index in [4.69, 9.17) is 10.5 Å². The van der Waals surface area contributed by atoms with Crippen molar-refractivity contribution in [1.29, 1.82) is 0 Å². The van der Waals surface area contributed by atoms with Crippen molar-refractivity contribution in [1.82, 2.24) is 14.9 Å². The number of hydrogen-bond acceptors (Lipinski definition) is 4. The van der Waals surface area contributed by atoms with Crippen LogP contribution in [0.25, 0.3) is 11.0 Å². The van der Waals surface area contributed by atoms with E-state index in [0.29, 0.717) is 25.3 Å². The van der Waals surface area contributed by atoms with Crippen LogP contribution >= 0.6 is 0 Å². The number of fused-ring (bicyclic) bond motifs is 1. The molecule has 1 amide bonds. The number of H-pyrrole nitrogens is 1. The van der Waals surface area contributed by atoms with Crippen molar-refractivity contribution in [2.24, 2.45) is 5.73 Å². The number of aromatic amines is 1. The molecule has 0 atom stereocenters. The Labute approximate surface area is 159 Å².